The molecule has 0 spiro atoms. The normalized spacial score (nSPS) is 22.5. The molecule has 2 aliphatic heterocycles. The number of carbonyl (C=O) groups excluding carboxylic acids is 3. The molecule has 1 atom stereocenters. The highest BCUT2D eigenvalue weighted by atomic mass is 16.5. The molecule has 1 aromatic rings. The molecule has 0 radical (unpaired) electrons. The lowest BCUT2D eigenvalue weighted by atomic mass is 9.90. The molecule has 1 aromatic carbocycles. The van der Waals surface area contributed by atoms with Crippen molar-refractivity contribution < 1.29 is 23.9 Å². The molecule has 9 nitrogen and oxygen atoms in total. The SMILES string of the molecule is COc1ccc(C2(C)NC(=O)N(CC(=O)NCCN3CCOCC3)C2=O)cc1C. The summed E-state index contributed by atoms with van der Waals surface area (Å²) in [7, 11) is 1.58. The molecule has 2 fully saturated rings. The second-order valence-electron chi connectivity index (χ2n) is 7.43. The second kappa shape index (κ2) is 8.79. The lowest BCUT2D eigenvalue weighted by molar-refractivity contribution is -0.134. The van der Waals surface area contributed by atoms with Crippen molar-refractivity contribution >= 4 is 17.8 Å². The van der Waals surface area contributed by atoms with Gasteiger partial charge in [0.25, 0.3) is 5.91 Å². The minimum atomic E-state index is -1.22. The van der Waals surface area contributed by atoms with Crippen LogP contribution in [0.2, 0.25) is 0 Å². The third-order valence-electron chi connectivity index (χ3n) is 5.40. The van der Waals surface area contributed by atoms with Crippen molar-refractivity contribution in [2.75, 3.05) is 53.0 Å². The summed E-state index contributed by atoms with van der Waals surface area (Å²) in [6.07, 6.45) is 0. The van der Waals surface area contributed by atoms with Crippen LogP contribution < -0.4 is 15.4 Å². The van der Waals surface area contributed by atoms with Crippen LogP contribution in [-0.2, 0) is 19.9 Å². The number of nitrogens with one attached hydrogen (secondary N) is 2. The first-order valence-corrected chi connectivity index (χ1v) is 9.71. The van der Waals surface area contributed by atoms with Gasteiger partial charge in [-0.1, -0.05) is 6.07 Å². The second-order valence-corrected chi connectivity index (χ2v) is 7.43. The highest BCUT2D eigenvalue weighted by molar-refractivity contribution is 6.09. The number of urea groups is 1. The zero-order valence-corrected chi connectivity index (χ0v) is 17.1. The number of hydrogen-bond acceptors (Lipinski definition) is 6. The van der Waals surface area contributed by atoms with Crippen molar-refractivity contribution in [1.82, 2.24) is 20.4 Å². The minimum Gasteiger partial charge on any atom is -0.496 e. The van der Waals surface area contributed by atoms with Crippen molar-refractivity contribution in [2.45, 2.75) is 19.4 Å². The lowest BCUT2D eigenvalue weighted by Crippen LogP contribution is -2.45. The number of nitrogens with zero attached hydrogens (tertiary/aromatic N) is 2. The van der Waals surface area contributed by atoms with Gasteiger partial charge in [0.2, 0.25) is 5.91 Å². The van der Waals surface area contributed by atoms with Crippen molar-refractivity contribution in [1.29, 1.82) is 0 Å². The van der Waals surface area contributed by atoms with E-state index in [1.165, 1.54) is 0 Å². The summed E-state index contributed by atoms with van der Waals surface area (Å²) in [6.45, 7) is 7.43. The molecule has 1 unspecified atom stereocenters. The van der Waals surface area contributed by atoms with Crippen LogP contribution in [0.15, 0.2) is 18.2 Å². The molecular formula is C20H28N4O5. The molecular weight excluding hydrogens is 376 g/mol. The van der Waals surface area contributed by atoms with Crippen molar-refractivity contribution in [3.63, 3.8) is 0 Å². The lowest BCUT2D eigenvalue weighted by Gasteiger charge is -2.26. The monoisotopic (exact) mass is 404 g/mol. The molecule has 2 heterocycles. The number of rotatable bonds is 7. The highest BCUT2D eigenvalue weighted by Crippen LogP contribution is 2.31. The third kappa shape index (κ3) is 4.51. The summed E-state index contributed by atoms with van der Waals surface area (Å²) in [4.78, 5) is 40.8. The smallest absolute Gasteiger partial charge is 0.325 e. The van der Waals surface area contributed by atoms with Gasteiger partial charge in [0.05, 0.1) is 20.3 Å². The van der Waals surface area contributed by atoms with E-state index in [4.69, 9.17) is 9.47 Å². The molecule has 0 aliphatic carbocycles. The molecule has 9 heteroatoms. The summed E-state index contributed by atoms with van der Waals surface area (Å²) in [6, 6.07) is 4.74. The van der Waals surface area contributed by atoms with Gasteiger partial charge in [0.15, 0.2) is 0 Å². The summed E-state index contributed by atoms with van der Waals surface area (Å²) >= 11 is 0. The van der Waals surface area contributed by atoms with E-state index in [-0.39, 0.29) is 12.5 Å². The Morgan fingerprint density at radius 3 is 2.69 bits per heavy atom. The Bertz CT molecular complexity index is 793. The van der Waals surface area contributed by atoms with Gasteiger partial charge in [0, 0.05) is 26.2 Å². The zero-order valence-electron chi connectivity index (χ0n) is 17.1. The van der Waals surface area contributed by atoms with Gasteiger partial charge in [0.1, 0.15) is 17.8 Å². The summed E-state index contributed by atoms with van der Waals surface area (Å²) in [5, 5.41) is 5.50. The van der Waals surface area contributed by atoms with Crippen LogP contribution in [0.5, 0.6) is 5.75 Å². The van der Waals surface area contributed by atoms with Crippen molar-refractivity contribution in [3.8, 4) is 5.75 Å². The molecule has 158 valence electrons. The molecule has 3 rings (SSSR count). The maximum atomic E-state index is 13.0. The molecule has 0 bridgehead atoms. The topological polar surface area (TPSA) is 100 Å². The summed E-state index contributed by atoms with van der Waals surface area (Å²) in [5.41, 5.74) is 0.277. The first-order chi connectivity index (χ1) is 13.8. The van der Waals surface area contributed by atoms with Crippen LogP contribution in [0.25, 0.3) is 0 Å². The van der Waals surface area contributed by atoms with Crippen LogP contribution in [0.1, 0.15) is 18.1 Å². The van der Waals surface area contributed by atoms with Gasteiger partial charge in [-0.3, -0.25) is 19.4 Å². The van der Waals surface area contributed by atoms with Gasteiger partial charge in [-0.05, 0) is 37.1 Å². The largest absolute Gasteiger partial charge is 0.496 e. The van der Waals surface area contributed by atoms with Crippen LogP contribution in [0, 0.1) is 6.92 Å². The van der Waals surface area contributed by atoms with E-state index in [2.05, 4.69) is 15.5 Å². The Labute approximate surface area is 170 Å². The number of methoxy groups -OCH3 is 1. The number of aryl methyl sites for hydroxylation is 1. The molecule has 0 aromatic heterocycles. The van der Waals surface area contributed by atoms with Crippen molar-refractivity contribution in [2.24, 2.45) is 0 Å². The predicted molar refractivity (Wildman–Crippen MR) is 106 cm³/mol. The fourth-order valence-corrected chi connectivity index (χ4v) is 3.60. The number of imide groups is 1. The Morgan fingerprint density at radius 1 is 1.31 bits per heavy atom. The van der Waals surface area contributed by atoms with Crippen LogP contribution >= 0.6 is 0 Å². The Morgan fingerprint density at radius 2 is 2.03 bits per heavy atom. The zero-order chi connectivity index (χ0) is 21.0. The number of hydrogen-bond donors (Lipinski definition) is 2. The van der Waals surface area contributed by atoms with E-state index in [1.807, 2.05) is 13.0 Å². The fraction of sp³-hybridized carbons (Fsp3) is 0.550. The van der Waals surface area contributed by atoms with E-state index in [1.54, 1.807) is 26.2 Å². The van der Waals surface area contributed by atoms with Crippen molar-refractivity contribution in [3.05, 3.63) is 29.3 Å². The molecule has 2 N–H and O–H groups in total. The number of amides is 4. The number of benzene rings is 1. The highest BCUT2D eigenvalue weighted by Gasteiger charge is 2.49. The molecule has 2 saturated heterocycles. The van der Waals surface area contributed by atoms with Crippen LogP contribution in [0.4, 0.5) is 4.79 Å². The third-order valence-corrected chi connectivity index (χ3v) is 5.40. The number of carbonyl (C=O) groups is 3. The first kappa shape index (κ1) is 21.1. The van der Waals surface area contributed by atoms with E-state index in [9.17, 15) is 14.4 Å². The standard InChI is InChI=1S/C20H28N4O5/c1-14-12-15(4-5-16(14)28-3)20(2)18(26)24(19(27)22-20)13-17(25)21-6-7-23-8-10-29-11-9-23/h4-5,12H,6-11,13H2,1-3H3,(H,21,25)(H,22,27). The van der Waals surface area contributed by atoms with Gasteiger partial charge in [-0.2, -0.15) is 0 Å². The Kier molecular flexibility index (Phi) is 6.39. The minimum absolute atomic E-state index is 0.307. The fourth-order valence-electron chi connectivity index (χ4n) is 3.60. The maximum Gasteiger partial charge on any atom is 0.325 e. The van der Waals surface area contributed by atoms with E-state index < -0.39 is 17.5 Å². The van der Waals surface area contributed by atoms with E-state index >= 15 is 0 Å². The quantitative estimate of drug-likeness (QED) is 0.631. The number of ether oxygens (including phenoxy) is 2. The van der Waals surface area contributed by atoms with Crippen LogP contribution in [-0.4, -0.2) is 80.7 Å². The average Bonchev–Trinajstić information content (AvgIpc) is 2.92. The predicted octanol–water partition coefficient (Wildman–Crippen LogP) is 0.219. The average molecular weight is 404 g/mol. The Balaban J connectivity index is 1.59. The molecule has 29 heavy (non-hydrogen) atoms. The molecule has 2 aliphatic rings. The maximum absolute atomic E-state index is 13.0. The number of morpholine rings is 1. The molecule has 0 saturated carbocycles. The summed E-state index contributed by atoms with van der Waals surface area (Å²) < 4.78 is 10.5. The van der Waals surface area contributed by atoms with Gasteiger partial charge in [-0.25, -0.2) is 4.79 Å². The van der Waals surface area contributed by atoms with E-state index in [0.717, 1.165) is 23.6 Å². The van der Waals surface area contributed by atoms with Gasteiger partial charge < -0.3 is 20.1 Å². The summed E-state index contributed by atoms with van der Waals surface area (Å²) in [5.74, 6) is -0.113. The Hall–Kier alpha value is -2.65. The van der Waals surface area contributed by atoms with Gasteiger partial charge in [-0.15, -0.1) is 0 Å². The van der Waals surface area contributed by atoms with E-state index in [0.29, 0.717) is 37.6 Å². The first-order valence-electron chi connectivity index (χ1n) is 9.71. The van der Waals surface area contributed by atoms with Crippen LogP contribution in [0.3, 0.4) is 0 Å². The molecule has 4 amide bonds. The van der Waals surface area contributed by atoms with Gasteiger partial charge >= 0.3 is 6.03 Å².